The molecule has 0 saturated carbocycles. The molecule has 0 radical (unpaired) electrons. The van der Waals surface area contributed by atoms with Crippen LogP contribution in [-0.2, 0) is 6.42 Å². The van der Waals surface area contributed by atoms with Crippen LogP contribution in [0.2, 0.25) is 0 Å². The Labute approximate surface area is 195 Å². The van der Waals surface area contributed by atoms with Gasteiger partial charge in [0.25, 0.3) is 0 Å². The van der Waals surface area contributed by atoms with Gasteiger partial charge in [-0.3, -0.25) is 0 Å². The highest BCUT2D eigenvalue weighted by Gasteiger charge is 2.26. The molecule has 5 rings (SSSR count). The number of halogens is 2. The van der Waals surface area contributed by atoms with Gasteiger partial charge in [-0.25, -0.2) is 8.78 Å². The minimum atomic E-state index is -0.295. The van der Waals surface area contributed by atoms with E-state index in [1.54, 1.807) is 31.2 Å². The monoisotopic (exact) mass is 465 g/mol. The number of hydrogen-bond acceptors (Lipinski definition) is 7. The number of nitrogens with zero attached hydrogens (tertiary/aromatic N) is 5. The van der Waals surface area contributed by atoms with Crippen LogP contribution in [0.4, 0.5) is 8.78 Å². The van der Waals surface area contributed by atoms with Gasteiger partial charge in [-0.15, -0.1) is 0 Å². The summed E-state index contributed by atoms with van der Waals surface area (Å²) in [6, 6.07) is 11.0. The first-order valence-electron chi connectivity index (χ1n) is 11.5. The number of likely N-dealkylation sites (tertiary alicyclic amines) is 1. The van der Waals surface area contributed by atoms with Crippen molar-refractivity contribution in [3.63, 3.8) is 0 Å². The van der Waals surface area contributed by atoms with Gasteiger partial charge in [0.15, 0.2) is 0 Å². The number of aromatic nitrogens is 4. The lowest BCUT2D eigenvalue weighted by molar-refractivity contribution is 0.184. The van der Waals surface area contributed by atoms with Gasteiger partial charge in [-0.1, -0.05) is 22.4 Å². The fourth-order valence-electron chi connectivity index (χ4n) is 4.24. The highest BCUT2D eigenvalue weighted by atomic mass is 19.1. The lowest BCUT2D eigenvalue weighted by Gasteiger charge is -2.30. The summed E-state index contributed by atoms with van der Waals surface area (Å²) in [5.41, 5.74) is 1.92. The van der Waals surface area contributed by atoms with Crippen molar-refractivity contribution in [2.24, 2.45) is 0 Å². The molecule has 7 nitrogen and oxygen atoms in total. The number of benzene rings is 2. The van der Waals surface area contributed by atoms with Crippen molar-refractivity contribution in [3.05, 3.63) is 71.4 Å². The van der Waals surface area contributed by atoms with E-state index < -0.39 is 0 Å². The van der Waals surface area contributed by atoms with Crippen LogP contribution in [0.15, 0.2) is 51.5 Å². The largest absolute Gasteiger partial charge is 0.339 e. The highest BCUT2D eigenvalue weighted by molar-refractivity contribution is 5.55. The summed E-state index contributed by atoms with van der Waals surface area (Å²) in [5.74, 6) is 1.64. The lowest BCUT2D eigenvalue weighted by atomic mass is 9.97. The normalized spacial score (nSPS) is 16.7. The zero-order valence-corrected chi connectivity index (χ0v) is 18.9. The summed E-state index contributed by atoms with van der Waals surface area (Å²) in [6.07, 6.45) is 3.54. The Kier molecular flexibility index (Phi) is 6.44. The zero-order chi connectivity index (χ0) is 23.5. The maximum Gasteiger partial charge on any atom is 0.231 e. The third-order valence-corrected chi connectivity index (χ3v) is 6.16. The predicted molar refractivity (Wildman–Crippen MR) is 121 cm³/mol. The van der Waals surface area contributed by atoms with Gasteiger partial charge in [-0.05, 0) is 75.2 Å². The number of piperidine rings is 1. The van der Waals surface area contributed by atoms with Crippen LogP contribution in [0.25, 0.3) is 22.8 Å². The van der Waals surface area contributed by atoms with Crippen molar-refractivity contribution in [2.45, 2.75) is 38.5 Å². The summed E-state index contributed by atoms with van der Waals surface area (Å²) in [6.45, 7) is 4.44. The standard InChI is InChI=1S/C25H25F2N5O2/c1-16-6-7-18(14-21(16)27)24-28-22(33-30-24)5-3-13-32-12-2-4-19(15-32)25-29-23(31-34-25)17-8-10-20(26)11-9-17/h6-11,14,19H,2-5,12-13,15H2,1H3. The van der Waals surface area contributed by atoms with Crippen LogP contribution in [0.3, 0.4) is 0 Å². The molecule has 34 heavy (non-hydrogen) atoms. The van der Waals surface area contributed by atoms with Crippen molar-refractivity contribution < 1.29 is 17.8 Å². The van der Waals surface area contributed by atoms with E-state index in [9.17, 15) is 8.78 Å². The molecule has 1 atom stereocenters. The fourth-order valence-corrected chi connectivity index (χ4v) is 4.24. The molecule has 1 saturated heterocycles. The van der Waals surface area contributed by atoms with Crippen molar-refractivity contribution in [1.82, 2.24) is 25.2 Å². The van der Waals surface area contributed by atoms with Gasteiger partial charge in [0.1, 0.15) is 11.6 Å². The Balaban J connectivity index is 1.14. The maximum absolute atomic E-state index is 13.8. The van der Waals surface area contributed by atoms with Gasteiger partial charge in [-0.2, -0.15) is 9.97 Å². The summed E-state index contributed by atoms with van der Waals surface area (Å²) >= 11 is 0. The third kappa shape index (κ3) is 5.04. The highest BCUT2D eigenvalue weighted by Crippen LogP contribution is 2.28. The lowest BCUT2D eigenvalue weighted by Crippen LogP contribution is -2.35. The average molecular weight is 466 g/mol. The van der Waals surface area contributed by atoms with Crippen LogP contribution in [0.5, 0.6) is 0 Å². The Morgan fingerprint density at radius 2 is 1.74 bits per heavy atom. The molecule has 0 spiro atoms. The summed E-state index contributed by atoms with van der Waals surface area (Å²) in [5, 5.41) is 8.07. The summed E-state index contributed by atoms with van der Waals surface area (Å²) in [4.78, 5) is 11.3. The average Bonchev–Trinajstić information content (AvgIpc) is 3.52. The van der Waals surface area contributed by atoms with E-state index in [4.69, 9.17) is 9.05 Å². The molecule has 1 aliphatic heterocycles. The van der Waals surface area contributed by atoms with Crippen molar-refractivity contribution in [1.29, 1.82) is 0 Å². The van der Waals surface area contributed by atoms with E-state index in [1.165, 1.54) is 18.2 Å². The van der Waals surface area contributed by atoms with E-state index in [0.29, 0.717) is 41.0 Å². The van der Waals surface area contributed by atoms with Crippen molar-refractivity contribution in [3.8, 4) is 22.8 Å². The molecule has 4 aromatic rings. The fraction of sp³-hybridized carbons (Fsp3) is 0.360. The molecule has 0 bridgehead atoms. The minimum absolute atomic E-state index is 0.168. The van der Waals surface area contributed by atoms with Gasteiger partial charge >= 0.3 is 0 Å². The Bertz CT molecular complexity index is 1250. The number of aryl methyl sites for hydroxylation is 2. The first kappa shape index (κ1) is 22.3. The smallest absolute Gasteiger partial charge is 0.231 e. The van der Waals surface area contributed by atoms with Crippen LogP contribution >= 0.6 is 0 Å². The Hall–Kier alpha value is -3.46. The van der Waals surface area contributed by atoms with E-state index >= 15 is 0 Å². The second-order valence-corrected chi connectivity index (χ2v) is 8.68. The van der Waals surface area contributed by atoms with Gasteiger partial charge in [0, 0.05) is 24.1 Å². The van der Waals surface area contributed by atoms with Gasteiger partial charge in [0.2, 0.25) is 23.4 Å². The van der Waals surface area contributed by atoms with Crippen molar-refractivity contribution in [2.75, 3.05) is 19.6 Å². The first-order valence-corrected chi connectivity index (χ1v) is 11.5. The Morgan fingerprint density at radius 3 is 2.56 bits per heavy atom. The predicted octanol–water partition coefficient (Wildman–Crippen LogP) is 5.19. The topological polar surface area (TPSA) is 81.1 Å². The van der Waals surface area contributed by atoms with Crippen LogP contribution in [-0.4, -0.2) is 44.8 Å². The quantitative estimate of drug-likeness (QED) is 0.372. The molecule has 3 heterocycles. The minimum Gasteiger partial charge on any atom is -0.339 e. The number of rotatable bonds is 7. The maximum atomic E-state index is 13.8. The molecule has 176 valence electrons. The first-order chi connectivity index (χ1) is 16.5. The van der Waals surface area contributed by atoms with E-state index in [-0.39, 0.29) is 17.6 Å². The van der Waals surface area contributed by atoms with Crippen LogP contribution in [0, 0.1) is 18.6 Å². The van der Waals surface area contributed by atoms with E-state index in [2.05, 4.69) is 25.2 Å². The molecule has 1 fully saturated rings. The molecule has 0 aliphatic carbocycles. The van der Waals surface area contributed by atoms with Crippen LogP contribution < -0.4 is 0 Å². The van der Waals surface area contributed by atoms with E-state index in [0.717, 1.165) is 44.5 Å². The number of hydrogen-bond donors (Lipinski definition) is 0. The molecular weight excluding hydrogens is 440 g/mol. The Morgan fingerprint density at radius 1 is 0.971 bits per heavy atom. The second-order valence-electron chi connectivity index (χ2n) is 8.68. The van der Waals surface area contributed by atoms with Crippen LogP contribution in [0.1, 0.15) is 42.5 Å². The molecule has 1 aliphatic rings. The molecular formula is C25H25F2N5O2. The molecule has 2 aromatic carbocycles. The molecule has 0 N–H and O–H groups in total. The molecule has 0 amide bonds. The second kappa shape index (κ2) is 9.80. The molecule has 1 unspecified atom stereocenters. The SMILES string of the molecule is Cc1ccc(-c2noc(CCCN3CCCC(c4nc(-c5ccc(F)cc5)no4)C3)n2)cc1F. The van der Waals surface area contributed by atoms with Gasteiger partial charge in [0.05, 0.1) is 5.92 Å². The molecule has 2 aromatic heterocycles. The summed E-state index contributed by atoms with van der Waals surface area (Å²) < 4.78 is 37.9. The van der Waals surface area contributed by atoms with E-state index in [1.807, 2.05) is 0 Å². The third-order valence-electron chi connectivity index (χ3n) is 6.16. The van der Waals surface area contributed by atoms with Crippen molar-refractivity contribution >= 4 is 0 Å². The summed E-state index contributed by atoms with van der Waals surface area (Å²) in [7, 11) is 0. The zero-order valence-electron chi connectivity index (χ0n) is 18.9. The van der Waals surface area contributed by atoms with Gasteiger partial charge < -0.3 is 13.9 Å². The molecule has 9 heteroatoms.